The molecule has 84 valence electrons. The Kier molecular flexibility index (Phi) is 2.50. The molecule has 8 heteroatoms. The molecule has 0 radical (unpaired) electrons. The van der Waals surface area contributed by atoms with Crippen molar-refractivity contribution < 1.29 is 13.2 Å². The lowest BCUT2D eigenvalue weighted by Gasteiger charge is -2.07. The summed E-state index contributed by atoms with van der Waals surface area (Å²) in [4.78, 5) is 10.7. The van der Waals surface area contributed by atoms with E-state index in [2.05, 4.69) is 15.0 Å². The highest BCUT2D eigenvalue weighted by atomic mass is 32.1. The molecule has 0 atom stereocenters. The lowest BCUT2D eigenvalue weighted by Crippen LogP contribution is -2.11. The highest BCUT2D eigenvalue weighted by molar-refractivity contribution is 7.13. The Morgan fingerprint density at radius 3 is 2.56 bits per heavy atom. The van der Waals surface area contributed by atoms with E-state index in [-0.39, 0.29) is 5.69 Å². The Morgan fingerprint density at radius 1 is 1.25 bits per heavy atom. The molecule has 4 nitrogen and oxygen atoms in total. The molecule has 0 saturated heterocycles. The number of nitrogens with two attached hydrogens (primary N) is 1. The summed E-state index contributed by atoms with van der Waals surface area (Å²) in [6.07, 6.45) is -3.06. The van der Waals surface area contributed by atoms with Crippen molar-refractivity contribution in [2.75, 3.05) is 5.73 Å². The van der Waals surface area contributed by atoms with E-state index in [0.717, 1.165) is 6.07 Å². The normalized spacial score (nSPS) is 11.7. The molecule has 2 aromatic rings. The maximum absolute atomic E-state index is 12.4. The smallest absolute Gasteiger partial charge is 0.368 e. The second-order valence-electron chi connectivity index (χ2n) is 2.83. The first-order valence-electron chi connectivity index (χ1n) is 4.08. The number of halogens is 3. The van der Waals surface area contributed by atoms with Crippen molar-refractivity contribution in [2.45, 2.75) is 6.18 Å². The van der Waals surface area contributed by atoms with Crippen LogP contribution in [-0.4, -0.2) is 15.0 Å². The highest BCUT2D eigenvalue weighted by Gasteiger charge is 2.33. The second kappa shape index (κ2) is 3.71. The number of hydrogen-bond acceptors (Lipinski definition) is 5. The number of hydrogen-bond donors (Lipinski definition) is 1. The lowest BCUT2D eigenvalue weighted by atomic mass is 10.3. The standard InChI is InChI=1S/C8H5F3N4S/c9-8(10,11)5-3-4(14-7(12)15-5)6-13-1-2-16-6/h1-3H,(H2,12,14,15). The number of aromatic nitrogens is 3. The summed E-state index contributed by atoms with van der Waals surface area (Å²) >= 11 is 1.18. The highest BCUT2D eigenvalue weighted by Crippen LogP contribution is 2.30. The van der Waals surface area contributed by atoms with Gasteiger partial charge in [0, 0.05) is 11.6 Å². The average Bonchev–Trinajstić information content (AvgIpc) is 2.68. The van der Waals surface area contributed by atoms with Crippen molar-refractivity contribution in [1.82, 2.24) is 15.0 Å². The third kappa shape index (κ3) is 2.11. The Morgan fingerprint density at radius 2 is 2.00 bits per heavy atom. The lowest BCUT2D eigenvalue weighted by molar-refractivity contribution is -0.141. The molecule has 2 N–H and O–H groups in total. The molecular formula is C8H5F3N4S. The minimum absolute atomic E-state index is 0.0785. The van der Waals surface area contributed by atoms with Crippen LogP contribution in [0.2, 0.25) is 0 Å². The van der Waals surface area contributed by atoms with E-state index < -0.39 is 17.8 Å². The van der Waals surface area contributed by atoms with Crippen LogP contribution in [0.1, 0.15) is 5.69 Å². The van der Waals surface area contributed by atoms with Crippen molar-refractivity contribution >= 4 is 17.3 Å². The third-order valence-electron chi connectivity index (χ3n) is 1.69. The number of nitrogen functional groups attached to an aromatic ring is 1. The molecule has 2 heterocycles. The van der Waals surface area contributed by atoms with Gasteiger partial charge in [0.05, 0.1) is 0 Å². The molecule has 0 aliphatic rings. The van der Waals surface area contributed by atoms with Crippen molar-refractivity contribution in [3.05, 3.63) is 23.3 Å². The first-order valence-corrected chi connectivity index (χ1v) is 4.96. The number of thiazole rings is 1. The molecule has 2 aromatic heterocycles. The minimum Gasteiger partial charge on any atom is -0.368 e. The third-order valence-corrected chi connectivity index (χ3v) is 2.48. The summed E-state index contributed by atoms with van der Waals surface area (Å²) in [5, 5.41) is 2.01. The zero-order chi connectivity index (χ0) is 11.8. The van der Waals surface area contributed by atoms with E-state index in [1.807, 2.05) is 0 Å². The summed E-state index contributed by atoms with van der Waals surface area (Å²) in [5.74, 6) is -0.417. The SMILES string of the molecule is Nc1nc(-c2nccs2)cc(C(F)(F)F)n1. The van der Waals surface area contributed by atoms with Crippen LogP contribution in [0.5, 0.6) is 0 Å². The van der Waals surface area contributed by atoms with Crippen LogP contribution >= 0.6 is 11.3 Å². The fourth-order valence-corrected chi connectivity index (χ4v) is 1.67. The average molecular weight is 246 g/mol. The number of rotatable bonds is 1. The Hall–Kier alpha value is -1.70. The van der Waals surface area contributed by atoms with Gasteiger partial charge < -0.3 is 5.73 Å². The van der Waals surface area contributed by atoms with E-state index in [1.54, 1.807) is 5.38 Å². The monoisotopic (exact) mass is 246 g/mol. The zero-order valence-electron chi connectivity index (χ0n) is 7.69. The molecular weight excluding hydrogens is 241 g/mol. The summed E-state index contributed by atoms with van der Waals surface area (Å²) in [6, 6.07) is 0.829. The fourth-order valence-electron chi connectivity index (χ4n) is 1.07. The molecule has 0 aliphatic carbocycles. The predicted octanol–water partition coefficient (Wildman–Crippen LogP) is 2.20. The van der Waals surface area contributed by atoms with Crippen LogP contribution in [0.4, 0.5) is 19.1 Å². The Labute approximate surface area is 92.0 Å². The topological polar surface area (TPSA) is 64.7 Å². The van der Waals surface area contributed by atoms with Crippen molar-refractivity contribution in [3.8, 4) is 10.7 Å². The second-order valence-corrected chi connectivity index (χ2v) is 3.73. The molecule has 0 saturated carbocycles. The molecule has 0 spiro atoms. The Bertz CT molecular complexity index is 494. The number of anilines is 1. The van der Waals surface area contributed by atoms with Gasteiger partial charge in [-0.2, -0.15) is 13.2 Å². The van der Waals surface area contributed by atoms with Gasteiger partial charge in [0.1, 0.15) is 10.7 Å². The molecule has 0 fully saturated rings. The molecule has 0 aromatic carbocycles. The van der Waals surface area contributed by atoms with Gasteiger partial charge in [0.2, 0.25) is 5.95 Å². The van der Waals surface area contributed by atoms with Crippen molar-refractivity contribution in [3.63, 3.8) is 0 Å². The van der Waals surface area contributed by atoms with Gasteiger partial charge in [-0.15, -0.1) is 11.3 Å². The van der Waals surface area contributed by atoms with Gasteiger partial charge in [-0.05, 0) is 6.07 Å². The molecule has 0 aliphatic heterocycles. The summed E-state index contributed by atoms with van der Waals surface area (Å²) in [7, 11) is 0. The predicted molar refractivity (Wildman–Crippen MR) is 52.6 cm³/mol. The van der Waals surface area contributed by atoms with Crippen molar-refractivity contribution in [1.29, 1.82) is 0 Å². The number of nitrogens with zero attached hydrogens (tertiary/aromatic N) is 3. The van der Waals surface area contributed by atoms with E-state index in [1.165, 1.54) is 17.5 Å². The maximum Gasteiger partial charge on any atom is 0.433 e. The van der Waals surface area contributed by atoms with Crippen LogP contribution in [0.3, 0.4) is 0 Å². The van der Waals surface area contributed by atoms with Gasteiger partial charge in [-0.25, -0.2) is 15.0 Å². The van der Waals surface area contributed by atoms with Crippen molar-refractivity contribution in [2.24, 2.45) is 0 Å². The summed E-state index contributed by atoms with van der Waals surface area (Å²) in [6.45, 7) is 0. The zero-order valence-corrected chi connectivity index (χ0v) is 8.51. The van der Waals surface area contributed by atoms with Crippen LogP contribution < -0.4 is 5.73 Å². The first kappa shape index (κ1) is 10.8. The molecule has 0 unspecified atom stereocenters. The molecule has 16 heavy (non-hydrogen) atoms. The molecule has 0 amide bonds. The summed E-state index contributed by atoms with van der Waals surface area (Å²) in [5.41, 5.74) is 4.23. The quantitative estimate of drug-likeness (QED) is 0.837. The Balaban J connectivity index is 2.53. The van der Waals surface area contributed by atoms with E-state index >= 15 is 0 Å². The maximum atomic E-state index is 12.4. The van der Waals surface area contributed by atoms with Gasteiger partial charge in [-0.3, -0.25) is 0 Å². The minimum atomic E-state index is -4.54. The fraction of sp³-hybridized carbons (Fsp3) is 0.125. The van der Waals surface area contributed by atoms with Crippen LogP contribution in [-0.2, 0) is 6.18 Å². The van der Waals surface area contributed by atoms with E-state index in [4.69, 9.17) is 5.73 Å². The van der Waals surface area contributed by atoms with Gasteiger partial charge in [0.25, 0.3) is 0 Å². The van der Waals surface area contributed by atoms with Gasteiger partial charge in [-0.1, -0.05) is 0 Å². The largest absolute Gasteiger partial charge is 0.433 e. The van der Waals surface area contributed by atoms with E-state index in [9.17, 15) is 13.2 Å². The van der Waals surface area contributed by atoms with E-state index in [0.29, 0.717) is 5.01 Å². The number of alkyl halides is 3. The van der Waals surface area contributed by atoms with Crippen LogP contribution in [0.25, 0.3) is 10.7 Å². The van der Waals surface area contributed by atoms with Crippen LogP contribution in [0.15, 0.2) is 17.6 Å². The molecule has 0 bridgehead atoms. The molecule has 2 rings (SSSR count). The van der Waals surface area contributed by atoms with Gasteiger partial charge >= 0.3 is 6.18 Å². The summed E-state index contributed by atoms with van der Waals surface area (Å²) < 4.78 is 37.3. The van der Waals surface area contributed by atoms with Gasteiger partial charge in [0.15, 0.2) is 5.69 Å². The first-order chi connectivity index (χ1) is 7.47. The van der Waals surface area contributed by atoms with Crippen LogP contribution in [0, 0.1) is 0 Å².